The van der Waals surface area contributed by atoms with Crippen LogP contribution in [0.3, 0.4) is 0 Å². The summed E-state index contributed by atoms with van der Waals surface area (Å²) in [6.45, 7) is 37.6. The average molecular weight is 557 g/mol. The quantitative estimate of drug-likeness (QED) is 0.229. The Bertz CT molecular complexity index is 570. The van der Waals surface area contributed by atoms with Gasteiger partial charge in [0, 0.05) is 0 Å². The number of rotatable bonds is 14. The fourth-order valence-electron chi connectivity index (χ4n) is 3.78. The molecule has 0 heterocycles. The molecule has 0 radical (unpaired) electrons. The summed E-state index contributed by atoms with van der Waals surface area (Å²) in [7, 11) is -16.4. The van der Waals surface area contributed by atoms with Gasteiger partial charge in [-0.25, -0.2) is 0 Å². The van der Waals surface area contributed by atoms with Crippen molar-refractivity contribution in [1.82, 2.24) is 0 Å². The lowest BCUT2D eigenvalue weighted by Gasteiger charge is -2.43. The first kappa shape index (κ1) is 31.8. The molecule has 13 heteroatoms. The minimum Gasteiger partial charge on any atom is -0.437 e. The average Bonchev–Trinajstić information content (AvgIpc) is 2.36. The van der Waals surface area contributed by atoms with Crippen LogP contribution in [0.4, 0.5) is 0 Å². The first-order chi connectivity index (χ1) is 13.4. The lowest BCUT2D eigenvalue weighted by molar-refractivity contribution is 0.278. The third kappa shape index (κ3) is 13.9. The topological polar surface area (TPSA) is 55.4 Å². The monoisotopic (exact) mass is 556 g/mol. The highest BCUT2D eigenvalue weighted by molar-refractivity contribution is 6.95. The second kappa shape index (κ2) is 10.6. The summed E-state index contributed by atoms with van der Waals surface area (Å²) in [6.07, 6.45) is 0. The molecular formula is C18H48O6Si7. The lowest BCUT2D eigenvalue weighted by atomic mass is 11.2. The molecular weight excluding hydrogens is 509 g/mol. The Balaban J connectivity index is 5.59. The van der Waals surface area contributed by atoms with Crippen molar-refractivity contribution in [2.45, 2.75) is 91.7 Å². The largest absolute Gasteiger partial charge is 0.437 e. The summed E-state index contributed by atoms with van der Waals surface area (Å²) in [5.41, 5.74) is 3.55. The molecule has 184 valence electrons. The zero-order valence-corrected chi connectivity index (χ0v) is 29.5. The maximum atomic E-state index is 6.63. The summed E-state index contributed by atoms with van der Waals surface area (Å²) in [4.78, 5) is 0. The van der Waals surface area contributed by atoms with Crippen molar-refractivity contribution in [2.75, 3.05) is 0 Å². The molecule has 31 heavy (non-hydrogen) atoms. The standard InChI is InChI=1S/C18H48O6Si7/c1-17-31(18-2,23-29(13,14)21-27(9,10)19-25(3,4)5)24-30(15,16)22-28(11,12)20-26(6,7)8/h17-18H,1-2H2,3-16H3. The molecule has 6 nitrogen and oxygen atoms in total. The molecule has 0 saturated heterocycles. The molecule has 0 aromatic heterocycles. The predicted octanol–water partition coefficient (Wildman–Crippen LogP) is 6.46. The van der Waals surface area contributed by atoms with E-state index < -0.39 is 59.4 Å². The van der Waals surface area contributed by atoms with E-state index in [1.54, 1.807) is 11.4 Å². The molecule has 0 aliphatic carbocycles. The fourth-order valence-corrected chi connectivity index (χ4v) is 35.4. The lowest BCUT2D eigenvalue weighted by Crippen LogP contribution is -2.61. The molecule has 0 aliphatic heterocycles. The van der Waals surface area contributed by atoms with Gasteiger partial charge in [0.05, 0.1) is 0 Å². The van der Waals surface area contributed by atoms with Crippen molar-refractivity contribution in [3.05, 3.63) is 24.6 Å². The van der Waals surface area contributed by atoms with E-state index in [-0.39, 0.29) is 0 Å². The molecule has 0 amide bonds. The summed E-state index contributed by atoms with van der Waals surface area (Å²) in [5, 5.41) is 0. The molecule has 0 atom stereocenters. The van der Waals surface area contributed by atoms with Crippen LogP contribution in [0.1, 0.15) is 0 Å². The molecule has 0 aromatic carbocycles. The second-order valence-electron chi connectivity index (χ2n) is 11.6. The van der Waals surface area contributed by atoms with Gasteiger partial charge < -0.3 is 24.7 Å². The van der Waals surface area contributed by atoms with Gasteiger partial charge in [0.2, 0.25) is 0 Å². The Morgan fingerprint density at radius 1 is 0.387 bits per heavy atom. The molecule has 0 unspecified atom stereocenters. The van der Waals surface area contributed by atoms with Crippen molar-refractivity contribution in [1.29, 1.82) is 0 Å². The van der Waals surface area contributed by atoms with Gasteiger partial charge in [0.15, 0.2) is 16.6 Å². The Kier molecular flexibility index (Phi) is 10.8. The van der Waals surface area contributed by atoms with Gasteiger partial charge in [0.1, 0.15) is 0 Å². The van der Waals surface area contributed by atoms with Crippen molar-refractivity contribution in [2.24, 2.45) is 0 Å². The third-order valence-electron chi connectivity index (χ3n) is 3.47. The third-order valence-corrected chi connectivity index (χ3v) is 27.8. The zero-order valence-electron chi connectivity index (χ0n) is 22.5. The van der Waals surface area contributed by atoms with Gasteiger partial charge in [-0.2, -0.15) is 0 Å². The number of hydrogen-bond acceptors (Lipinski definition) is 6. The van der Waals surface area contributed by atoms with E-state index in [0.717, 1.165) is 0 Å². The Hall–Kier alpha value is 0.758. The maximum absolute atomic E-state index is 6.63. The van der Waals surface area contributed by atoms with E-state index >= 15 is 0 Å². The van der Waals surface area contributed by atoms with E-state index in [2.05, 4.69) is 78.6 Å². The van der Waals surface area contributed by atoms with Crippen molar-refractivity contribution in [3.8, 4) is 0 Å². The fraction of sp³-hybridized carbons (Fsp3) is 0.778. The molecule has 0 saturated carbocycles. The van der Waals surface area contributed by atoms with Gasteiger partial charge >= 0.3 is 42.8 Å². The molecule has 0 aromatic rings. The SMILES string of the molecule is C=C[Si](C=C)(O[Si](C)(C)O[Si](C)(C)O[Si](C)(C)C)O[Si](C)(C)O[Si](C)(C)O[Si](C)(C)C. The summed E-state index contributed by atoms with van der Waals surface area (Å²) in [6, 6.07) is 0. The van der Waals surface area contributed by atoms with Gasteiger partial charge in [-0.15, -0.1) is 13.2 Å². The van der Waals surface area contributed by atoms with Gasteiger partial charge in [-0.1, -0.05) is 0 Å². The van der Waals surface area contributed by atoms with Crippen molar-refractivity contribution in [3.63, 3.8) is 0 Å². The van der Waals surface area contributed by atoms with Crippen LogP contribution < -0.4 is 0 Å². The second-order valence-corrected chi connectivity index (χ2v) is 38.4. The minimum absolute atomic E-state index is 1.73. The minimum atomic E-state index is -2.97. The molecule has 0 spiro atoms. The van der Waals surface area contributed by atoms with Crippen LogP contribution in [0.2, 0.25) is 91.7 Å². The number of hydrogen-bond donors (Lipinski definition) is 0. The highest BCUT2D eigenvalue weighted by atomic mass is 28.5. The van der Waals surface area contributed by atoms with Gasteiger partial charge in [0.25, 0.3) is 0 Å². The predicted molar refractivity (Wildman–Crippen MR) is 149 cm³/mol. The van der Waals surface area contributed by atoms with Crippen LogP contribution in [0, 0.1) is 0 Å². The first-order valence-corrected chi connectivity index (χ1v) is 30.9. The van der Waals surface area contributed by atoms with E-state index in [4.69, 9.17) is 24.7 Å². The van der Waals surface area contributed by atoms with E-state index in [9.17, 15) is 0 Å². The smallest absolute Gasteiger partial charge is 0.373 e. The Morgan fingerprint density at radius 3 is 0.806 bits per heavy atom. The summed E-state index contributed by atoms with van der Waals surface area (Å²) < 4.78 is 39.1. The van der Waals surface area contributed by atoms with Crippen LogP contribution >= 0.6 is 0 Å². The van der Waals surface area contributed by atoms with Crippen LogP contribution in [0.25, 0.3) is 0 Å². The van der Waals surface area contributed by atoms with E-state index in [1.165, 1.54) is 0 Å². The van der Waals surface area contributed by atoms with Crippen LogP contribution in [-0.2, 0) is 24.7 Å². The normalized spacial score (nSPS) is 15.2. The Morgan fingerprint density at radius 2 is 0.613 bits per heavy atom. The van der Waals surface area contributed by atoms with E-state index in [1.807, 2.05) is 26.2 Å². The molecule has 0 fully saturated rings. The molecule has 0 rings (SSSR count). The highest BCUT2D eigenvalue weighted by Gasteiger charge is 2.49. The van der Waals surface area contributed by atoms with Crippen LogP contribution in [0.5, 0.6) is 0 Å². The van der Waals surface area contributed by atoms with Crippen molar-refractivity contribution < 1.29 is 24.7 Å². The Labute approximate surface area is 199 Å². The van der Waals surface area contributed by atoms with Gasteiger partial charge in [-0.05, 0) is 103 Å². The first-order valence-electron chi connectivity index (χ1n) is 10.8. The zero-order chi connectivity index (χ0) is 25.2. The molecule has 0 bridgehead atoms. The summed E-state index contributed by atoms with van der Waals surface area (Å²) in [5.74, 6) is 0. The van der Waals surface area contributed by atoms with Crippen LogP contribution in [-0.4, -0.2) is 59.4 Å². The van der Waals surface area contributed by atoms with Gasteiger partial charge in [-0.3, -0.25) is 0 Å². The van der Waals surface area contributed by atoms with Crippen LogP contribution in [0.15, 0.2) is 24.6 Å². The molecule has 0 aliphatic rings. The summed E-state index contributed by atoms with van der Waals surface area (Å²) >= 11 is 0. The van der Waals surface area contributed by atoms with Crippen molar-refractivity contribution >= 4 is 59.4 Å². The maximum Gasteiger partial charge on any atom is 0.373 e. The highest BCUT2D eigenvalue weighted by Crippen LogP contribution is 2.29. The van der Waals surface area contributed by atoms with E-state index in [0.29, 0.717) is 0 Å². The molecule has 0 N–H and O–H groups in total.